The molecule has 2 aromatic rings. The first-order valence-electron chi connectivity index (χ1n) is 8.10. The van der Waals surface area contributed by atoms with Crippen LogP contribution >= 0.6 is 24.0 Å². The molecule has 1 aromatic heterocycles. The molecular weight excluding hydrogens is 433 g/mol. The lowest BCUT2D eigenvalue weighted by Gasteiger charge is -2.17. The van der Waals surface area contributed by atoms with Crippen molar-refractivity contribution >= 4 is 29.9 Å². The second-order valence-electron chi connectivity index (χ2n) is 5.35. The van der Waals surface area contributed by atoms with Crippen LogP contribution < -0.4 is 10.6 Å². The number of nitrogens with one attached hydrogen (secondary N) is 2. The molecule has 0 amide bonds. The molecule has 2 rings (SSSR count). The summed E-state index contributed by atoms with van der Waals surface area (Å²) in [5.74, 6) is 1.71. The Morgan fingerprint density at radius 1 is 1.28 bits per heavy atom. The average Bonchev–Trinajstić information content (AvgIpc) is 3.08. The maximum atomic E-state index is 5.45. The van der Waals surface area contributed by atoms with Gasteiger partial charge < -0.3 is 19.9 Å². The van der Waals surface area contributed by atoms with E-state index >= 15 is 0 Å². The third kappa shape index (κ3) is 6.62. The monoisotopic (exact) mass is 459 g/mol. The van der Waals surface area contributed by atoms with Gasteiger partial charge in [0.2, 0.25) is 5.89 Å². The van der Waals surface area contributed by atoms with Gasteiger partial charge >= 0.3 is 0 Å². The Hall–Kier alpha value is -1.68. The second kappa shape index (κ2) is 11.0. The molecular formula is C17H26IN5O2. The summed E-state index contributed by atoms with van der Waals surface area (Å²) >= 11 is 0. The fraction of sp³-hybridized carbons (Fsp3) is 0.471. The van der Waals surface area contributed by atoms with Crippen molar-refractivity contribution in [1.29, 1.82) is 0 Å². The first-order chi connectivity index (χ1) is 11.6. The summed E-state index contributed by atoms with van der Waals surface area (Å²) in [7, 11) is 1.73. The summed E-state index contributed by atoms with van der Waals surface area (Å²) in [6.45, 7) is 6.91. The second-order valence-corrected chi connectivity index (χ2v) is 5.35. The predicted molar refractivity (Wildman–Crippen MR) is 108 cm³/mol. The van der Waals surface area contributed by atoms with Crippen molar-refractivity contribution < 1.29 is 9.26 Å². The molecule has 8 heteroatoms. The van der Waals surface area contributed by atoms with Gasteiger partial charge in [-0.25, -0.2) is 0 Å². The number of rotatable bonds is 7. The van der Waals surface area contributed by atoms with Gasteiger partial charge in [-0.05, 0) is 26.3 Å². The van der Waals surface area contributed by atoms with Crippen molar-refractivity contribution in [3.63, 3.8) is 0 Å². The van der Waals surface area contributed by atoms with Gasteiger partial charge in [-0.1, -0.05) is 35.5 Å². The van der Waals surface area contributed by atoms with Gasteiger partial charge in [0.1, 0.15) is 6.10 Å². The molecule has 2 atom stereocenters. The minimum absolute atomic E-state index is 0. The van der Waals surface area contributed by atoms with Gasteiger partial charge in [0.25, 0.3) is 0 Å². The molecule has 0 aliphatic carbocycles. The van der Waals surface area contributed by atoms with Gasteiger partial charge in [0.15, 0.2) is 11.8 Å². The predicted octanol–water partition coefficient (Wildman–Crippen LogP) is 3.21. The Morgan fingerprint density at radius 2 is 2.00 bits per heavy atom. The van der Waals surface area contributed by atoms with Crippen LogP contribution in [0.15, 0.2) is 39.8 Å². The van der Waals surface area contributed by atoms with Crippen molar-refractivity contribution in [2.45, 2.75) is 39.5 Å². The molecule has 2 N–H and O–H groups in total. The largest absolute Gasteiger partial charge is 0.371 e. The van der Waals surface area contributed by atoms with Crippen LogP contribution in [0.5, 0.6) is 0 Å². The average molecular weight is 459 g/mol. The van der Waals surface area contributed by atoms with Gasteiger partial charge in [0.05, 0.1) is 12.6 Å². The van der Waals surface area contributed by atoms with Gasteiger partial charge in [-0.3, -0.25) is 4.99 Å². The van der Waals surface area contributed by atoms with E-state index in [2.05, 4.69) is 44.8 Å². The van der Waals surface area contributed by atoms with E-state index < -0.39 is 0 Å². The maximum absolute atomic E-state index is 5.45. The third-order valence-corrected chi connectivity index (χ3v) is 3.55. The molecule has 7 nitrogen and oxygen atoms in total. The molecule has 1 aromatic carbocycles. The summed E-state index contributed by atoms with van der Waals surface area (Å²) in [4.78, 5) is 8.54. The normalized spacial score (nSPS) is 13.7. The van der Waals surface area contributed by atoms with Crippen molar-refractivity contribution in [3.05, 3.63) is 47.6 Å². The van der Waals surface area contributed by atoms with Crippen molar-refractivity contribution in [2.24, 2.45) is 4.99 Å². The lowest BCUT2D eigenvalue weighted by Crippen LogP contribution is -2.38. The maximum Gasteiger partial charge on any atom is 0.246 e. The topological polar surface area (TPSA) is 84.6 Å². The number of halogens is 1. The van der Waals surface area contributed by atoms with Crippen molar-refractivity contribution in [3.8, 4) is 0 Å². The number of hydrogen-bond donors (Lipinski definition) is 2. The smallest absolute Gasteiger partial charge is 0.246 e. The number of aliphatic imine (C=N–C) groups is 1. The van der Waals surface area contributed by atoms with Gasteiger partial charge in [-0.15, -0.1) is 24.0 Å². The van der Waals surface area contributed by atoms with Crippen LogP contribution in [-0.2, 0) is 11.3 Å². The van der Waals surface area contributed by atoms with E-state index in [1.54, 1.807) is 7.05 Å². The summed E-state index contributed by atoms with van der Waals surface area (Å²) in [6, 6.07) is 10.3. The Labute approximate surface area is 165 Å². The molecule has 0 saturated heterocycles. The minimum Gasteiger partial charge on any atom is -0.371 e. The van der Waals surface area contributed by atoms with E-state index in [0.717, 1.165) is 0 Å². The first kappa shape index (κ1) is 21.4. The molecule has 0 spiro atoms. The van der Waals surface area contributed by atoms with Crippen LogP contribution in [0.1, 0.15) is 50.2 Å². The number of guanidine groups is 1. The molecule has 2 unspecified atom stereocenters. The van der Waals surface area contributed by atoms with Crippen LogP contribution in [0, 0.1) is 0 Å². The summed E-state index contributed by atoms with van der Waals surface area (Å²) in [5.41, 5.74) is 1.19. The van der Waals surface area contributed by atoms with Crippen molar-refractivity contribution in [1.82, 2.24) is 20.8 Å². The molecule has 0 bridgehead atoms. The highest BCUT2D eigenvalue weighted by Crippen LogP contribution is 2.13. The number of benzene rings is 1. The summed E-state index contributed by atoms with van der Waals surface area (Å²) < 4.78 is 10.7. The van der Waals surface area contributed by atoms with Crippen LogP contribution in [0.2, 0.25) is 0 Å². The molecule has 0 aliphatic heterocycles. The summed E-state index contributed by atoms with van der Waals surface area (Å²) in [6.07, 6.45) is -0.178. The highest BCUT2D eigenvalue weighted by Gasteiger charge is 2.14. The lowest BCUT2D eigenvalue weighted by molar-refractivity contribution is 0.0683. The molecule has 0 aliphatic rings. The Bertz CT molecular complexity index is 647. The SMILES string of the molecule is CCOC(C)c1noc(CNC(=NC)NC(C)c2ccccc2)n1.I. The zero-order chi connectivity index (χ0) is 17.4. The number of aromatic nitrogens is 2. The van der Waals surface area contributed by atoms with E-state index in [0.29, 0.717) is 30.8 Å². The van der Waals surface area contributed by atoms with Gasteiger partial charge in [-0.2, -0.15) is 4.98 Å². The Morgan fingerprint density at radius 3 is 2.64 bits per heavy atom. The highest BCUT2D eigenvalue weighted by molar-refractivity contribution is 14.0. The number of ether oxygens (including phenoxy) is 1. The molecule has 0 fully saturated rings. The highest BCUT2D eigenvalue weighted by atomic mass is 127. The third-order valence-electron chi connectivity index (χ3n) is 3.55. The molecule has 0 radical (unpaired) electrons. The van der Waals surface area contributed by atoms with E-state index in [9.17, 15) is 0 Å². The van der Waals surface area contributed by atoms with Crippen molar-refractivity contribution in [2.75, 3.05) is 13.7 Å². The Kier molecular flexibility index (Phi) is 9.43. The molecule has 1 heterocycles. The first-order valence-corrected chi connectivity index (χ1v) is 8.10. The van der Waals surface area contributed by atoms with Crippen LogP contribution in [0.3, 0.4) is 0 Å². The Balaban J connectivity index is 0.00000312. The van der Waals surface area contributed by atoms with E-state index in [1.165, 1.54) is 5.56 Å². The lowest BCUT2D eigenvalue weighted by atomic mass is 10.1. The molecule has 0 saturated carbocycles. The van der Waals surface area contributed by atoms with E-state index in [4.69, 9.17) is 9.26 Å². The van der Waals surface area contributed by atoms with Crippen LogP contribution in [-0.4, -0.2) is 29.8 Å². The van der Waals surface area contributed by atoms with Crippen LogP contribution in [0.4, 0.5) is 0 Å². The summed E-state index contributed by atoms with van der Waals surface area (Å²) in [5, 5.41) is 10.4. The molecule has 138 valence electrons. The fourth-order valence-corrected chi connectivity index (χ4v) is 2.21. The van der Waals surface area contributed by atoms with Crippen LogP contribution in [0.25, 0.3) is 0 Å². The fourth-order valence-electron chi connectivity index (χ4n) is 2.21. The minimum atomic E-state index is -0.178. The van der Waals surface area contributed by atoms with E-state index in [-0.39, 0.29) is 36.1 Å². The zero-order valence-electron chi connectivity index (χ0n) is 15.0. The van der Waals surface area contributed by atoms with Gasteiger partial charge in [0, 0.05) is 13.7 Å². The molecule has 25 heavy (non-hydrogen) atoms. The number of nitrogens with zero attached hydrogens (tertiary/aromatic N) is 3. The number of hydrogen-bond acceptors (Lipinski definition) is 5. The van der Waals surface area contributed by atoms with E-state index in [1.807, 2.05) is 32.0 Å². The standard InChI is InChI=1S/C17H25N5O2.HI/c1-5-23-13(3)16-21-15(24-22-16)11-19-17(18-4)20-12(2)14-9-7-6-8-10-14;/h6-10,12-13H,5,11H2,1-4H3,(H2,18,19,20);1H. The quantitative estimate of drug-likeness (QED) is 0.376. The zero-order valence-corrected chi connectivity index (χ0v) is 17.4.